The van der Waals surface area contributed by atoms with Crippen molar-refractivity contribution in [3.05, 3.63) is 22.4 Å². The number of hydrogen-bond acceptors (Lipinski definition) is 5. The second-order valence-corrected chi connectivity index (χ2v) is 7.90. The van der Waals surface area contributed by atoms with Crippen molar-refractivity contribution in [2.75, 3.05) is 18.6 Å². The zero-order chi connectivity index (χ0) is 14.0. The fourth-order valence-corrected chi connectivity index (χ4v) is 3.55. The van der Waals surface area contributed by atoms with Crippen LogP contribution in [0.25, 0.3) is 0 Å². The van der Waals surface area contributed by atoms with Gasteiger partial charge in [-0.15, -0.1) is 0 Å². The summed E-state index contributed by atoms with van der Waals surface area (Å²) in [5, 5.41) is 7.22. The van der Waals surface area contributed by atoms with Crippen LogP contribution in [0.5, 0.6) is 0 Å². The Hall–Kier alpha value is -0.920. The van der Waals surface area contributed by atoms with Gasteiger partial charge in [0, 0.05) is 12.8 Å². The Morgan fingerprint density at radius 2 is 2.21 bits per heavy atom. The lowest BCUT2D eigenvalue weighted by Crippen LogP contribution is -2.32. The Morgan fingerprint density at radius 1 is 1.47 bits per heavy atom. The number of carbonyl (C=O) groups excluding carboxylic acids is 1. The molecule has 2 rings (SSSR count). The predicted octanol–water partition coefficient (Wildman–Crippen LogP) is 1.00. The maximum absolute atomic E-state index is 12.1. The second-order valence-electron chi connectivity index (χ2n) is 4.86. The largest absolute Gasteiger partial charge is 0.322 e. The molecule has 1 aliphatic rings. The van der Waals surface area contributed by atoms with Crippen molar-refractivity contribution in [3.63, 3.8) is 0 Å². The van der Waals surface area contributed by atoms with Gasteiger partial charge >= 0.3 is 0 Å². The molecule has 0 bridgehead atoms. The Labute approximate surface area is 117 Å². The first-order chi connectivity index (χ1) is 8.88. The molecule has 106 valence electrons. The normalized spacial score (nSPS) is 24.1. The van der Waals surface area contributed by atoms with E-state index in [2.05, 4.69) is 5.32 Å². The summed E-state index contributed by atoms with van der Waals surface area (Å²) in [4.78, 5) is 13.8. The number of rotatable bonds is 5. The summed E-state index contributed by atoms with van der Waals surface area (Å²) in [6.07, 6.45) is 1.56. The van der Waals surface area contributed by atoms with Crippen LogP contribution in [0.2, 0.25) is 0 Å². The molecule has 1 saturated heterocycles. The number of nitrogens with zero attached hydrogens (tertiary/aromatic N) is 1. The number of hydrogen-bond donors (Lipinski definition) is 1. The van der Waals surface area contributed by atoms with Gasteiger partial charge in [-0.25, -0.2) is 8.42 Å². The monoisotopic (exact) mass is 302 g/mol. The van der Waals surface area contributed by atoms with Gasteiger partial charge in [0.1, 0.15) is 16.0 Å². The van der Waals surface area contributed by atoms with Crippen LogP contribution in [0.1, 0.15) is 25.1 Å². The van der Waals surface area contributed by atoms with E-state index in [1.54, 1.807) is 16.2 Å². The smallest absolute Gasteiger partial charge is 0.241 e. The van der Waals surface area contributed by atoms with Crippen LogP contribution < -0.4 is 5.32 Å². The minimum Gasteiger partial charge on any atom is -0.322 e. The van der Waals surface area contributed by atoms with Crippen LogP contribution in [-0.2, 0) is 14.6 Å². The van der Waals surface area contributed by atoms with Crippen molar-refractivity contribution in [2.45, 2.75) is 25.6 Å². The summed E-state index contributed by atoms with van der Waals surface area (Å²) in [5.74, 6) is 0.145. The van der Waals surface area contributed by atoms with Gasteiger partial charge in [-0.1, -0.05) is 0 Å². The average molecular weight is 302 g/mol. The molecule has 5 nitrogen and oxygen atoms in total. The number of thiophene rings is 1. The predicted molar refractivity (Wildman–Crippen MR) is 75.7 cm³/mol. The minimum atomic E-state index is -2.97. The van der Waals surface area contributed by atoms with Crippen molar-refractivity contribution in [1.29, 1.82) is 0 Å². The molecular formula is C12H18N2O3S2. The Morgan fingerprint density at radius 3 is 2.79 bits per heavy atom. The zero-order valence-corrected chi connectivity index (χ0v) is 12.6. The van der Waals surface area contributed by atoms with Crippen molar-refractivity contribution in [2.24, 2.45) is 0 Å². The van der Waals surface area contributed by atoms with Crippen LogP contribution in [0.15, 0.2) is 16.8 Å². The quantitative estimate of drug-likeness (QED) is 0.881. The SMILES string of the molecule is CC1NC(c2ccsc2)N(CCCS(C)(=O)=O)C1=O. The molecule has 2 heterocycles. The van der Waals surface area contributed by atoms with Crippen LogP contribution in [-0.4, -0.2) is 43.8 Å². The summed E-state index contributed by atoms with van der Waals surface area (Å²) in [7, 11) is -2.97. The molecule has 0 saturated carbocycles. The third kappa shape index (κ3) is 3.55. The fraction of sp³-hybridized carbons (Fsp3) is 0.583. The molecule has 7 heteroatoms. The summed E-state index contributed by atoms with van der Waals surface area (Å²) < 4.78 is 22.3. The minimum absolute atomic E-state index is 0.0321. The van der Waals surface area contributed by atoms with Crippen LogP contribution in [0.3, 0.4) is 0 Å². The fourth-order valence-electron chi connectivity index (χ4n) is 2.22. The molecule has 1 aliphatic heterocycles. The van der Waals surface area contributed by atoms with E-state index in [0.29, 0.717) is 13.0 Å². The lowest BCUT2D eigenvalue weighted by Gasteiger charge is -2.23. The maximum Gasteiger partial charge on any atom is 0.241 e. The highest BCUT2D eigenvalue weighted by Crippen LogP contribution is 2.26. The standard InChI is InChI=1S/C12H18N2O3S2/c1-9-12(15)14(5-3-7-19(2,16)17)11(13-9)10-4-6-18-8-10/h4,6,8-9,11,13H,3,5,7H2,1-2H3. The third-order valence-corrected chi connectivity index (χ3v) is 4.88. The Kier molecular flexibility index (Phi) is 4.27. The van der Waals surface area contributed by atoms with Crippen LogP contribution in [0, 0.1) is 0 Å². The van der Waals surface area contributed by atoms with E-state index in [1.807, 2.05) is 23.8 Å². The van der Waals surface area contributed by atoms with Crippen molar-refractivity contribution < 1.29 is 13.2 Å². The van der Waals surface area contributed by atoms with E-state index in [1.165, 1.54) is 6.26 Å². The van der Waals surface area contributed by atoms with Gasteiger partial charge in [0.15, 0.2) is 0 Å². The number of nitrogens with one attached hydrogen (secondary N) is 1. The first-order valence-electron chi connectivity index (χ1n) is 6.15. The number of amides is 1. The highest BCUT2D eigenvalue weighted by atomic mass is 32.2. The van der Waals surface area contributed by atoms with Gasteiger partial charge in [-0.05, 0) is 35.7 Å². The summed E-state index contributed by atoms with van der Waals surface area (Å²) in [6.45, 7) is 2.29. The molecular weight excluding hydrogens is 284 g/mol. The molecule has 1 aromatic heterocycles. The molecule has 1 N–H and O–H groups in total. The van der Waals surface area contributed by atoms with Crippen LogP contribution in [0.4, 0.5) is 0 Å². The number of carbonyl (C=O) groups is 1. The van der Waals surface area contributed by atoms with Crippen molar-refractivity contribution in [1.82, 2.24) is 10.2 Å². The molecule has 1 amide bonds. The van der Waals surface area contributed by atoms with E-state index in [4.69, 9.17) is 0 Å². The van der Waals surface area contributed by atoms with Gasteiger partial charge in [-0.2, -0.15) is 11.3 Å². The van der Waals surface area contributed by atoms with E-state index >= 15 is 0 Å². The van der Waals surface area contributed by atoms with Gasteiger partial charge in [0.25, 0.3) is 0 Å². The molecule has 19 heavy (non-hydrogen) atoms. The second kappa shape index (κ2) is 5.60. The Bertz CT molecular complexity index is 539. The first-order valence-corrected chi connectivity index (χ1v) is 9.15. The molecule has 0 spiro atoms. The first kappa shape index (κ1) is 14.5. The third-order valence-electron chi connectivity index (χ3n) is 3.15. The van der Waals surface area contributed by atoms with Gasteiger partial charge in [-0.3, -0.25) is 10.1 Å². The van der Waals surface area contributed by atoms with Crippen molar-refractivity contribution >= 4 is 27.1 Å². The summed E-state index contributed by atoms with van der Waals surface area (Å²) in [6, 6.07) is 1.76. The highest BCUT2D eigenvalue weighted by Gasteiger charge is 2.36. The topological polar surface area (TPSA) is 66.5 Å². The molecule has 2 unspecified atom stereocenters. The number of sulfone groups is 1. The average Bonchev–Trinajstić information content (AvgIpc) is 2.90. The molecule has 2 atom stereocenters. The molecule has 0 radical (unpaired) electrons. The maximum atomic E-state index is 12.1. The highest BCUT2D eigenvalue weighted by molar-refractivity contribution is 7.90. The van der Waals surface area contributed by atoms with E-state index in [-0.39, 0.29) is 23.9 Å². The van der Waals surface area contributed by atoms with Gasteiger partial charge in [0.2, 0.25) is 5.91 Å². The van der Waals surface area contributed by atoms with E-state index < -0.39 is 9.84 Å². The Balaban J connectivity index is 2.05. The van der Waals surface area contributed by atoms with Crippen LogP contribution >= 0.6 is 11.3 Å². The molecule has 1 aromatic rings. The van der Waals surface area contributed by atoms with Gasteiger partial charge in [0.05, 0.1) is 11.8 Å². The van der Waals surface area contributed by atoms with Crippen molar-refractivity contribution in [3.8, 4) is 0 Å². The molecule has 0 aromatic carbocycles. The van der Waals surface area contributed by atoms with E-state index in [0.717, 1.165) is 5.56 Å². The lowest BCUT2D eigenvalue weighted by molar-refractivity contribution is -0.129. The summed E-state index contributed by atoms with van der Waals surface area (Å²) in [5.41, 5.74) is 1.06. The molecule has 0 aliphatic carbocycles. The lowest BCUT2D eigenvalue weighted by atomic mass is 10.2. The molecule has 1 fully saturated rings. The van der Waals surface area contributed by atoms with Gasteiger partial charge < -0.3 is 4.90 Å². The van der Waals surface area contributed by atoms with E-state index in [9.17, 15) is 13.2 Å². The zero-order valence-electron chi connectivity index (χ0n) is 11.0. The summed E-state index contributed by atoms with van der Waals surface area (Å²) >= 11 is 1.59.